The Morgan fingerprint density at radius 3 is 1.87 bits per heavy atom. The fourth-order valence-corrected chi connectivity index (χ4v) is 2.28. The molecule has 0 radical (unpaired) electrons. The van der Waals surface area contributed by atoms with Crippen molar-refractivity contribution in [2.75, 3.05) is 0 Å². The van der Waals surface area contributed by atoms with E-state index < -0.39 is 11.8 Å². The minimum absolute atomic E-state index is 0.123. The highest BCUT2D eigenvalue weighted by Gasteiger charge is 2.15. The van der Waals surface area contributed by atoms with Crippen molar-refractivity contribution in [1.82, 2.24) is 4.98 Å². The van der Waals surface area contributed by atoms with Gasteiger partial charge in [0.25, 0.3) is 0 Å². The summed E-state index contributed by atoms with van der Waals surface area (Å²) in [5.41, 5.74) is 2.15. The molecule has 0 saturated carbocycles. The molecule has 0 amide bonds. The van der Waals surface area contributed by atoms with E-state index in [2.05, 4.69) is 4.98 Å². The van der Waals surface area contributed by atoms with Crippen LogP contribution in [0.4, 0.5) is 8.78 Å². The van der Waals surface area contributed by atoms with Gasteiger partial charge in [-0.3, -0.25) is 0 Å². The van der Waals surface area contributed by atoms with Crippen LogP contribution in [0.25, 0.3) is 22.3 Å². The van der Waals surface area contributed by atoms with E-state index in [1.54, 1.807) is 18.2 Å². The Kier molecular flexibility index (Phi) is 3.85. The Morgan fingerprint density at radius 1 is 0.826 bits per heavy atom. The van der Waals surface area contributed by atoms with Gasteiger partial charge in [0.2, 0.25) is 0 Å². The lowest BCUT2D eigenvalue weighted by molar-refractivity contribution is 0.0691. The van der Waals surface area contributed by atoms with Crippen LogP contribution in [-0.4, -0.2) is 16.1 Å². The number of nitrogens with zero attached hydrogens (tertiary/aromatic N) is 1. The second-order valence-corrected chi connectivity index (χ2v) is 4.94. The van der Waals surface area contributed by atoms with Gasteiger partial charge in [-0.15, -0.1) is 0 Å². The summed E-state index contributed by atoms with van der Waals surface area (Å²) in [6.07, 6.45) is 1.42. The van der Waals surface area contributed by atoms with Crippen LogP contribution >= 0.6 is 0 Å². The van der Waals surface area contributed by atoms with Gasteiger partial charge in [0.1, 0.15) is 11.6 Å². The highest BCUT2D eigenvalue weighted by Crippen LogP contribution is 2.28. The van der Waals surface area contributed by atoms with Crippen molar-refractivity contribution in [2.24, 2.45) is 0 Å². The summed E-state index contributed by atoms with van der Waals surface area (Å²) in [5.74, 6) is -1.94. The van der Waals surface area contributed by atoms with E-state index in [1.807, 2.05) is 0 Å². The van der Waals surface area contributed by atoms with Crippen molar-refractivity contribution in [3.05, 3.63) is 78.1 Å². The van der Waals surface area contributed by atoms with Crippen molar-refractivity contribution in [2.45, 2.75) is 0 Å². The smallest absolute Gasteiger partial charge is 0.355 e. The van der Waals surface area contributed by atoms with Crippen LogP contribution in [-0.2, 0) is 0 Å². The number of aromatic carboxylic acids is 1. The third-order valence-corrected chi connectivity index (χ3v) is 3.42. The first-order chi connectivity index (χ1) is 11.0. The fourth-order valence-electron chi connectivity index (χ4n) is 2.28. The summed E-state index contributed by atoms with van der Waals surface area (Å²) in [7, 11) is 0. The van der Waals surface area contributed by atoms with E-state index in [1.165, 1.54) is 42.6 Å². The molecular formula is C18H11F2NO2. The Morgan fingerprint density at radius 2 is 1.35 bits per heavy atom. The van der Waals surface area contributed by atoms with E-state index >= 15 is 0 Å². The lowest BCUT2D eigenvalue weighted by atomic mass is 9.99. The molecule has 0 unspecified atom stereocenters. The number of rotatable bonds is 3. The average Bonchev–Trinajstić information content (AvgIpc) is 2.55. The quantitative estimate of drug-likeness (QED) is 0.780. The Labute approximate surface area is 130 Å². The average molecular weight is 311 g/mol. The maximum atomic E-state index is 13.1. The van der Waals surface area contributed by atoms with Crippen molar-refractivity contribution in [1.29, 1.82) is 0 Å². The van der Waals surface area contributed by atoms with Gasteiger partial charge in [-0.1, -0.05) is 24.3 Å². The van der Waals surface area contributed by atoms with Crippen molar-refractivity contribution < 1.29 is 18.7 Å². The van der Waals surface area contributed by atoms with Gasteiger partial charge in [-0.25, -0.2) is 18.6 Å². The number of benzene rings is 2. The summed E-state index contributed by atoms with van der Waals surface area (Å²) < 4.78 is 26.1. The minimum Gasteiger partial charge on any atom is -0.476 e. The first-order valence-corrected chi connectivity index (χ1v) is 6.80. The second kappa shape index (κ2) is 5.96. The van der Waals surface area contributed by atoms with E-state index in [4.69, 9.17) is 0 Å². The number of halogens is 2. The van der Waals surface area contributed by atoms with Crippen molar-refractivity contribution in [3.8, 4) is 22.3 Å². The molecular weight excluding hydrogens is 300 g/mol. The summed E-state index contributed by atoms with van der Waals surface area (Å²) in [6.45, 7) is 0. The molecule has 1 heterocycles. The molecule has 0 saturated heterocycles. The molecule has 2 aromatic carbocycles. The Bertz CT molecular complexity index is 859. The predicted octanol–water partition coefficient (Wildman–Crippen LogP) is 4.39. The van der Waals surface area contributed by atoms with Gasteiger partial charge in [-0.2, -0.15) is 0 Å². The topological polar surface area (TPSA) is 50.2 Å². The molecule has 3 rings (SSSR count). The molecule has 0 aliphatic rings. The van der Waals surface area contributed by atoms with E-state index in [0.29, 0.717) is 22.3 Å². The largest absolute Gasteiger partial charge is 0.476 e. The molecule has 0 aliphatic carbocycles. The molecule has 0 atom stereocenters. The van der Waals surface area contributed by atoms with Crippen molar-refractivity contribution in [3.63, 3.8) is 0 Å². The van der Waals surface area contributed by atoms with Gasteiger partial charge in [0, 0.05) is 17.3 Å². The summed E-state index contributed by atoms with van der Waals surface area (Å²) in [4.78, 5) is 15.4. The van der Waals surface area contributed by atoms with E-state index in [9.17, 15) is 18.7 Å². The molecule has 0 spiro atoms. The normalized spacial score (nSPS) is 10.5. The number of aromatic nitrogens is 1. The van der Waals surface area contributed by atoms with Crippen LogP contribution in [0.15, 0.2) is 60.8 Å². The zero-order chi connectivity index (χ0) is 16.4. The van der Waals surface area contributed by atoms with E-state index in [0.717, 1.165) is 0 Å². The zero-order valence-corrected chi connectivity index (χ0v) is 11.8. The van der Waals surface area contributed by atoms with Crippen LogP contribution < -0.4 is 0 Å². The van der Waals surface area contributed by atoms with Crippen LogP contribution in [0.3, 0.4) is 0 Å². The summed E-state index contributed by atoms with van der Waals surface area (Å²) in [5, 5.41) is 9.29. The SMILES string of the molecule is O=C(O)c1ncc(-c2ccc(F)cc2)cc1-c1ccc(F)cc1. The lowest BCUT2D eigenvalue weighted by Gasteiger charge is -2.09. The third kappa shape index (κ3) is 3.08. The Balaban J connectivity index is 2.15. The Hall–Kier alpha value is -3.08. The zero-order valence-electron chi connectivity index (χ0n) is 11.8. The highest BCUT2D eigenvalue weighted by molar-refractivity contribution is 5.95. The van der Waals surface area contributed by atoms with Gasteiger partial charge in [-0.05, 0) is 41.5 Å². The van der Waals surface area contributed by atoms with Gasteiger partial charge in [0.15, 0.2) is 5.69 Å². The molecule has 0 bridgehead atoms. The maximum absolute atomic E-state index is 13.1. The molecule has 0 fully saturated rings. The molecule has 1 N–H and O–H groups in total. The first kappa shape index (κ1) is 14.8. The number of carboxylic acids is 1. The summed E-state index contributed by atoms with van der Waals surface area (Å²) >= 11 is 0. The molecule has 3 nitrogen and oxygen atoms in total. The van der Waals surface area contributed by atoms with Gasteiger partial charge < -0.3 is 5.11 Å². The molecule has 114 valence electrons. The number of carboxylic acid groups (broad SMARTS) is 1. The second-order valence-electron chi connectivity index (χ2n) is 4.94. The minimum atomic E-state index is -1.17. The highest BCUT2D eigenvalue weighted by atomic mass is 19.1. The molecule has 1 aromatic heterocycles. The van der Waals surface area contributed by atoms with Crippen LogP contribution in [0.2, 0.25) is 0 Å². The van der Waals surface area contributed by atoms with Crippen LogP contribution in [0.5, 0.6) is 0 Å². The number of pyridine rings is 1. The molecule has 23 heavy (non-hydrogen) atoms. The van der Waals surface area contributed by atoms with Crippen LogP contribution in [0, 0.1) is 11.6 Å². The molecule has 3 aromatic rings. The van der Waals surface area contributed by atoms with E-state index in [-0.39, 0.29) is 11.5 Å². The third-order valence-electron chi connectivity index (χ3n) is 3.42. The van der Waals surface area contributed by atoms with Crippen molar-refractivity contribution >= 4 is 5.97 Å². The first-order valence-electron chi connectivity index (χ1n) is 6.80. The molecule has 5 heteroatoms. The monoisotopic (exact) mass is 311 g/mol. The van der Waals surface area contributed by atoms with Crippen LogP contribution in [0.1, 0.15) is 10.5 Å². The standard InChI is InChI=1S/C18H11F2NO2/c19-14-5-1-11(2-6-14)13-9-16(17(18(22)23)21-10-13)12-3-7-15(20)8-4-12/h1-10H,(H,22,23). The summed E-state index contributed by atoms with van der Waals surface area (Å²) in [6, 6.07) is 13.0. The van der Waals surface area contributed by atoms with Gasteiger partial charge in [0.05, 0.1) is 0 Å². The molecule has 0 aliphatic heterocycles. The maximum Gasteiger partial charge on any atom is 0.355 e. The lowest BCUT2D eigenvalue weighted by Crippen LogP contribution is -2.03. The fraction of sp³-hybridized carbons (Fsp3) is 0. The predicted molar refractivity (Wildman–Crippen MR) is 82.0 cm³/mol. The number of hydrogen-bond acceptors (Lipinski definition) is 2. The van der Waals surface area contributed by atoms with Gasteiger partial charge >= 0.3 is 5.97 Å². The number of carbonyl (C=O) groups is 1. The number of hydrogen-bond donors (Lipinski definition) is 1.